The van der Waals surface area contributed by atoms with Crippen LogP contribution >= 0.6 is 11.3 Å². The maximum absolute atomic E-state index is 12.3. The molecule has 150 valence electrons. The van der Waals surface area contributed by atoms with Gasteiger partial charge in [-0.25, -0.2) is 4.98 Å². The number of carbonyl (C=O) groups is 2. The summed E-state index contributed by atoms with van der Waals surface area (Å²) in [4.78, 5) is 28.6. The molecule has 0 atom stereocenters. The van der Waals surface area contributed by atoms with Crippen LogP contribution in [0.2, 0.25) is 0 Å². The van der Waals surface area contributed by atoms with Gasteiger partial charge in [-0.1, -0.05) is 29.8 Å². The maximum atomic E-state index is 12.3. The number of nitrogens with zero attached hydrogens (tertiary/aromatic N) is 1. The SMILES string of the molecule is COc1ccccc1-c1nc(C(=O)NNC(=O)CNc2ccc(C)cc2C)cs1. The van der Waals surface area contributed by atoms with E-state index in [1.165, 1.54) is 11.3 Å². The smallest absolute Gasteiger partial charge is 0.289 e. The predicted molar refractivity (Wildman–Crippen MR) is 114 cm³/mol. The number of benzene rings is 2. The second-order valence-corrected chi connectivity index (χ2v) is 7.27. The summed E-state index contributed by atoms with van der Waals surface area (Å²) in [6.07, 6.45) is 0. The highest BCUT2D eigenvalue weighted by atomic mass is 32.1. The Morgan fingerprint density at radius 3 is 2.66 bits per heavy atom. The van der Waals surface area contributed by atoms with Crippen molar-refractivity contribution in [1.82, 2.24) is 15.8 Å². The molecule has 0 aliphatic rings. The van der Waals surface area contributed by atoms with Crippen LogP contribution in [0.3, 0.4) is 0 Å². The highest BCUT2D eigenvalue weighted by molar-refractivity contribution is 7.13. The monoisotopic (exact) mass is 410 g/mol. The molecule has 3 N–H and O–H groups in total. The summed E-state index contributed by atoms with van der Waals surface area (Å²) in [6, 6.07) is 13.4. The fourth-order valence-electron chi connectivity index (χ4n) is 2.75. The van der Waals surface area contributed by atoms with E-state index in [-0.39, 0.29) is 18.1 Å². The zero-order valence-electron chi connectivity index (χ0n) is 16.4. The topological polar surface area (TPSA) is 92.3 Å². The minimum Gasteiger partial charge on any atom is -0.496 e. The van der Waals surface area contributed by atoms with Crippen molar-refractivity contribution in [1.29, 1.82) is 0 Å². The van der Waals surface area contributed by atoms with E-state index in [2.05, 4.69) is 21.2 Å². The summed E-state index contributed by atoms with van der Waals surface area (Å²) in [5, 5.41) is 5.35. The van der Waals surface area contributed by atoms with Gasteiger partial charge in [-0.15, -0.1) is 11.3 Å². The number of rotatable bonds is 6. The van der Waals surface area contributed by atoms with Gasteiger partial charge in [0.15, 0.2) is 0 Å². The fourth-order valence-corrected chi connectivity index (χ4v) is 3.57. The zero-order valence-corrected chi connectivity index (χ0v) is 17.2. The molecule has 7 nitrogen and oxygen atoms in total. The lowest BCUT2D eigenvalue weighted by Crippen LogP contribution is -2.44. The predicted octanol–water partition coefficient (Wildman–Crippen LogP) is 3.31. The molecule has 2 amide bonds. The Balaban J connectivity index is 1.54. The largest absolute Gasteiger partial charge is 0.496 e. The van der Waals surface area contributed by atoms with Gasteiger partial charge >= 0.3 is 0 Å². The summed E-state index contributed by atoms with van der Waals surface area (Å²) >= 11 is 1.33. The van der Waals surface area contributed by atoms with Gasteiger partial charge in [0.1, 0.15) is 16.5 Å². The van der Waals surface area contributed by atoms with Gasteiger partial charge in [-0.05, 0) is 37.6 Å². The number of aryl methyl sites for hydroxylation is 2. The fraction of sp³-hybridized carbons (Fsp3) is 0.190. The molecule has 0 unspecified atom stereocenters. The Morgan fingerprint density at radius 2 is 1.90 bits per heavy atom. The summed E-state index contributed by atoms with van der Waals surface area (Å²) in [5.41, 5.74) is 8.88. The lowest BCUT2D eigenvalue weighted by molar-refractivity contribution is -0.120. The first kappa shape index (κ1) is 20.3. The number of nitrogens with one attached hydrogen (secondary N) is 3. The normalized spacial score (nSPS) is 10.3. The molecule has 0 aliphatic carbocycles. The Morgan fingerprint density at radius 1 is 1.10 bits per heavy atom. The summed E-state index contributed by atoms with van der Waals surface area (Å²) in [6.45, 7) is 4.01. The van der Waals surface area contributed by atoms with Crippen LogP contribution in [0.1, 0.15) is 21.6 Å². The van der Waals surface area contributed by atoms with Crippen LogP contribution < -0.4 is 20.9 Å². The first-order chi connectivity index (χ1) is 14.0. The second-order valence-electron chi connectivity index (χ2n) is 6.41. The number of hydrogen-bond donors (Lipinski definition) is 3. The Labute approximate surface area is 173 Å². The van der Waals surface area contributed by atoms with Crippen molar-refractivity contribution < 1.29 is 14.3 Å². The minimum atomic E-state index is -0.484. The van der Waals surface area contributed by atoms with E-state index in [9.17, 15) is 9.59 Å². The first-order valence-corrected chi connectivity index (χ1v) is 9.85. The minimum absolute atomic E-state index is 0.0354. The van der Waals surface area contributed by atoms with E-state index in [0.717, 1.165) is 22.4 Å². The third-order valence-electron chi connectivity index (χ3n) is 4.21. The summed E-state index contributed by atoms with van der Waals surface area (Å²) < 4.78 is 5.33. The van der Waals surface area contributed by atoms with Crippen molar-refractivity contribution in [3.63, 3.8) is 0 Å². The average molecular weight is 410 g/mol. The van der Waals surface area contributed by atoms with E-state index in [0.29, 0.717) is 10.8 Å². The van der Waals surface area contributed by atoms with E-state index >= 15 is 0 Å². The van der Waals surface area contributed by atoms with Gasteiger partial charge in [0, 0.05) is 11.1 Å². The molecule has 8 heteroatoms. The lowest BCUT2D eigenvalue weighted by atomic mass is 10.1. The Bertz CT molecular complexity index is 1030. The Kier molecular flexibility index (Phi) is 6.46. The third kappa shape index (κ3) is 5.11. The van der Waals surface area contributed by atoms with E-state index in [1.807, 2.05) is 56.3 Å². The standard InChI is InChI=1S/C21H22N4O3S/c1-13-8-9-16(14(2)10-13)22-11-19(26)24-25-20(27)17-12-29-21(23-17)15-6-4-5-7-18(15)28-3/h4-10,12,22H,11H2,1-3H3,(H,24,26)(H,25,27). The molecule has 0 aliphatic heterocycles. The molecule has 0 radical (unpaired) electrons. The Hall–Kier alpha value is -3.39. The van der Waals surface area contributed by atoms with Gasteiger partial charge in [0.05, 0.1) is 19.2 Å². The number of carbonyl (C=O) groups excluding carboxylic acids is 2. The van der Waals surface area contributed by atoms with Crippen molar-refractivity contribution in [2.75, 3.05) is 19.0 Å². The van der Waals surface area contributed by atoms with Crippen LogP contribution in [0.25, 0.3) is 10.6 Å². The molecule has 0 spiro atoms. The molecule has 1 heterocycles. The van der Waals surface area contributed by atoms with Crippen molar-refractivity contribution >= 4 is 28.8 Å². The number of ether oxygens (including phenoxy) is 1. The van der Waals surface area contributed by atoms with Crippen molar-refractivity contribution in [2.45, 2.75) is 13.8 Å². The summed E-state index contributed by atoms with van der Waals surface area (Å²) in [5.74, 6) is -0.166. The van der Waals surface area contributed by atoms with Gasteiger partial charge in [0.2, 0.25) is 0 Å². The summed E-state index contributed by atoms with van der Waals surface area (Å²) in [7, 11) is 1.59. The van der Waals surface area contributed by atoms with Crippen molar-refractivity contribution in [3.05, 3.63) is 64.7 Å². The molecule has 0 fully saturated rings. The lowest BCUT2D eigenvalue weighted by Gasteiger charge is -2.11. The van der Waals surface area contributed by atoms with Crippen LogP contribution in [0, 0.1) is 13.8 Å². The number of thiazole rings is 1. The highest BCUT2D eigenvalue weighted by Crippen LogP contribution is 2.31. The number of amides is 2. The van der Waals surface area contributed by atoms with Crippen molar-refractivity contribution in [2.24, 2.45) is 0 Å². The number of anilines is 1. The zero-order chi connectivity index (χ0) is 20.8. The van der Waals surface area contributed by atoms with Crippen LogP contribution in [0.4, 0.5) is 5.69 Å². The van der Waals surface area contributed by atoms with Crippen molar-refractivity contribution in [3.8, 4) is 16.3 Å². The highest BCUT2D eigenvalue weighted by Gasteiger charge is 2.15. The number of methoxy groups -OCH3 is 1. The molecular formula is C21H22N4O3S. The van der Waals surface area contributed by atoms with Crippen LogP contribution in [-0.4, -0.2) is 30.5 Å². The molecule has 3 rings (SSSR count). The van der Waals surface area contributed by atoms with Crippen LogP contribution in [0.5, 0.6) is 5.75 Å². The molecular weight excluding hydrogens is 388 g/mol. The number of hydrogen-bond acceptors (Lipinski definition) is 6. The van der Waals surface area contributed by atoms with E-state index in [4.69, 9.17) is 4.74 Å². The molecule has 1 aromatic heterocycles. The third-order valence-corrected chi connectivity index (χ3v) is 5.09. The molecule has 3 aromatic rings. The average Bonchev–Trinajstić information content (AvgIpc) is 3.21. The molecule has 0 bridgehead atoms. The van der Waals surface area contributed by atoms with Gasteiger partial charge in [-0.2, -0.15) is 0 Å². The number of hydrazine groups is 1. The van der Waals surface area contributed by atoms with Gasteiger partial charge in [-0.3, -0.25) is 20.4 Å². The molecule has 2 aromatic carbocycles. The maximum Gasteiger partial charge on any atom is 0.289 e. The second kappa shape index (κ2) is 9.20. The molecule has 0 saturated carbocycles. The quantitative estimate of drug-likeness (QED) is 0.542. The van der Waals surface area contributed by atoms with E-state index < -0.39 is 5.91 Å². The van der Waals surface area contributed by atoms with Crippen LogP contribution in [-0.2, 0) is 4.79 Å². The first-order valence-electron chi connectivity index (χ1n) is 8.97. The van der Waals surface area contributed by atoms with E-state index in [1.54, 1.807) is 12.5 Å². The number of aromatic nitrogens is 1. The van der Waals surface area contributed by atoms with Crippen LogP contribution in [0.15, 0.2) is 47.8 Å². The van der Waals surface area contributed by atoms with Gasteiger partial charge < -0.3 is 10.1 Å². The number of para-hydroxylation sites is 1. The molecule has 29 heavy (non-hydrogen) atoms. The molecule has 0 saturated heterocycles. The van der Waals surface area contributed by atoms with Gasteiger partial charge in [0.25, 0.3) is 11.8 Å².